The lowest BCUT2D eigenvalue weighted by atomic mass is 10.0. The van der Waals surface area contributed by atoms with Crippen molar-refractivity contribution in [3.8, 4) is 0 Å². The van der Waals surface area contributed by atoms with Gasteiger partial charge >= 0.3 is 0 Å². The molecular weight excluding hydrogens is 516 g/mol. The second-order valence-electron chi connectivity index (χ2n) is 10.1. The molecule has 2 aliphatic heterocycles. The van der Waals surface area contributed by atoms with Crippen LogP contribution in [0.5, 0.6) is 0 Å². The molecule has 0 radical (unpaired) electrons. The second-order valence-corrected chi connectivity index (χ2v) is 12.1. The maximum atomic E-state index is 13.9. The number of carbonyl (C=O) groups excluding carboxylic acids is 1. The number of ether oxygens (including phenoxy) is 1. The summed E-state index contributed by atoms with van der Waals surface area (Å²) in [7, 11) is 0. The molecular formula is C29H32N4O3S2. The van der Waals surface area contributed by atoms with Crippen molar-refractivity contribution in [2.45, 2.75) is 49.5 Å². The fraction of sp³-hybridized carbons (Fsp3) is 0.414. The first-order chi connectivity index (χ1) is 18.7. The number of hydrogen-bond donors (Lipinski definition) is 1. The first kappa shape index (κ1) is 25.6. The van der Waals surface area contributed by atoms with Gasteiger partial charge in [0, 0.05) is 48.9 Å². The summed E-state index contributed by atoms with van der Waals surface area (Å²) in [5.74, 6) is 0.166. The highest BCUT2D eigenvalue weighted by Gasteiger charge is 2.27. The summed E-state index contributed by atoms with van der Waals surface area (Å²) in [5, 5.41) is 4.63. The smallest absolute Gasteiger partial charge is 0.272 e. The average molecular weight is 549 g/mol. The summed E-state index contributed by atoms with van der Waals surface area (Å²) < 4.78 is 9.27. The number of thiophene rings is 1. The lowest BCUT2D eigenvalue weighted by Crippen LogP contribution is -2.38. The third-order valence-electron chi connectivity index (χ3n) is 7.45. The topological polar surface area (TPSA) is 76.5 Å². The van der Waals surface area contributed by atoms with E-state index in [2.05, 4.69) is 34.5 Å². The van der Waals surface area contributed by atoms with Crippen molar-refractivity contribution in [3.63, 3.8) is 0 Å². The zero-order chi connectivity index (χ0) is 25.9. The molecule has 2 aliphatic rings. The van der Waals surface area contributed by atoms with Gasteiger partial charge in [-0.05, 0) is 37.3 Å². The Hall–Kier alpha value is -2.72. The first-order valence-electron chi connectivity index (χ1n) is 13.4. The van der Waals surface area contributed by atoms with Gasteiger partial charge in [0.2, 0.25) is 5.91 Å². The van der Waals surface area contributed by atoms with E-state index in [-0.39, 0.29) is 29.4 Å². The molecule has 0 spiro atoms. The van der Waals surface area contributed by atoms with E-state index in [1.165, 1.54) is 28.7 Å². The largest absolute Gasteiger partial charge is 0.376 e. The Balaban J connectivity index is 1.24. The number of likely N-dealkylation sites (tertiary alicyclic amines) is 1. The molecule has 6 rings (SSSR count). The lowest BCUT2D eigenvalue weighted by molar-refractivity contribution is -0.119. The molecule has 1 amide bonds. The van der Waals surface area contributed by atoms with Crippen molar-refractivity contribution < 1.29 is 9.53 Å². The predicted octanol–water partition coefficient (Wildman–Crippen LogP) is 4.84. The summed E-state index contributed by atoms with van der Waals surface area (Å²) in [6.45, 7) is 4.06. The number of benzene rings is 2. The third kappa shape index (κ3) is 5.52. The van der Waals surface area contributed by atoms with Crippen LogP contribution < -0.4 is 10.9 Å². The standard InChI is InChI=1S/C29H32N4O3S2/c34-25(30-17-22-9-6-16-36-22)19-37-29-31-26-23-10-4-5-11-24(23)38-27(26)28(35)33(29)21-12-14-32(15-13-21)18-20-7-2-1-3-8-20/h1-5,7-8,10-11,21-22H,6,9,12-19H2,(H,30,34). The van der Waals surface area contributed by atoms with Gasteiger partial charge in [-0.15, -0.1) is 11.3 Å². The SMILES string of the molecule is O=C(CSc1nc2c(sc3ccccc32)c(=O)n1C1CCN(Cc2ccccc2)CC1)NCC1CCCO1. The van der Waals surface area contributed by atoms with Gasteiger partial charge in [-0.2, -0.15) is 0 Å². The Bertz CT molecular complexity index is 1470. The molecule has 9 heteroatoms. The molecule has 2 aromatic carbocycles. The summed E-state index contributed by atoms with van der Waals surface area (Å²) in [6.07, 6.45) is 3.89. The molecule has 1 atom stereocenters. The fourth-order valence-corrected chi connectivity index (χ4v) is 7.42. The highest BCUT2D eigenvalue weighted by molar-refractivity contribution is 7.99. The van der Waals surface area contributed by atoms with Crippen LogP contribution in [-0.2, 0) is 16.1 Å². The van der Waals surface area contributed by atoms with E-state index < -0.39 is 0 Å². The van der Waals surface area contributed by atoms with Gasteiger partial charge in [-0.1, -0.05) is 60.3 Å². The normalized spacial score (nSPS) is 18.9. The van der Waals surface area contributed by atoms with Crippen LogP contribution in [0.15, 0.2) is 64.5 Å². The van der Waals surface area contributed by atoms with Crippen molar-refractivity contribution in [1.29, 1.82) is 0 Å². The molecule has 7 nitrogen and oxygen atoms in total. The number of amides is 1. The molecule has 2 fully saturated rings. The number of nitrogens with zero attached hydrogens (tertiary/aromatic N) is 3. The number of thioether (sulfide) groups is 1. The van der Waals surface area contributed by atoms with E-state index in [9.17, 15) is 9.59 Å². The Labute approximate surface area is 230 Å². The van der Waals surface area contributed by atoms with Gasteiger partial charge in [0.25, 0.3) is 5.56 Å². The molecule has 2 aromatic heterocycles. The predicted molar refractivity (Wildman–Crippen MR) is 154 cm³/mol. The second kappa shape index (κ2) is 11.6. The van der Waals surface area contributed by atoms with Gasteiger partial charge in [0.05, 0.1) is 17.4 Å². The van der Waals surface area contributed by atoms with Gasteiger partial charge in [-0.25, -0.2) is 4.98 Å². The van der Waals surface area contributed by atoms with E-state index in [0.717, 1.165) is 67.5 Å². The van der Waals surface area contributed by atoms with E-state index >= 15 is 0 Å². The van der Waals surface area contributed by atoms with E-state index in [4.69, 9.17) is 9.72 Å². The Morgan fingerprint density at radius 2 is 1.87 bits per heavy atom. The molecule has 0 saturated carbocycles. The molecule has 1 unspecified atom stereocenters. The van der Waals surface area contributed by atoms with Gasteiger partial charge in [-0.3, -0.25) is 19.1 Å². The van der Waals surface area contributed by atoms with Crippen LogP contribution in [0, 0.1) is 0 Å². The minimum absolute atomic E-state index is 0.0139. The van der Waals surface area contributed by atoms with Crippen LogP contribution in [0.2, 0.25) is 0 Å². The van der Waals surface area contributed by atoms with E-state index in [0.29, 0.717) is 16.4 Å². The Kier molecular flexibility index (Phi) is 7.78. The summed E-state index contributed by atoms with van der Waals surface area (Å²) in [6, 6.07) is 18.6. The minimum Gasteiger partial charge on any atom is -0.376 e. The first-order valence-corrected chi connectivity index (χ1v) is 15.2. The molecule has 1 N–H and O–H groups in total. The molecule has 0 aliphatic carbocycles. The highest BCUT2D eigenvalue weighted by atomic mass is 32.2. The quantitative estimate of drug-likeness (QED) is 0.251. The van der Waals surface area contributed by atoms with Gasteiger partial charge in [0.15, 0.2) is 5.16 Å². The zero-order valence-corrected chi connectivity index (χ0v) is 22.9. The Morgan fingerprint density at radius 1 is 1.08 bits per heavy atom. The molecule has 4 aromatic rings. The highest BCUT2D eigenvalue weighted by Crippen LogP contribution is 2.34. The van der Waals surface area contributed by atoms with Crippen LogP contribution >= 0.6 is 23.1 Å². The van der Waals surface area contributed by atoms with Gasteiger partial charge < -0.3 is 10.1 Å². The van der Waals surface area contributed by atoms with Gasteiger partial charge in [0.1, 0.15) is 4.70 Å². The van der Waals surface area contributed by atoms with Crippen LogP contribution in [-0.4, -0.2) is 58.5 Å². The lowest BCUT2D eigenvalue weighted by Gasteiger charge is -2.33. The van der Waals surface area contributed by atoms with Crippen LogP contribution in [0.4, 0.5) is 0 Å². The van der Waals surface area contributed by atoms with Crippen molar-refractivity contribution in [1.82, 2.24) is 19.8 Å². The monoisotopic (exact) mass is 548 g/mol. The van der Waals surface area contributed by atoms with Crippen molar-refractivity contribution in [3.05, 3.63) is 70.5 Å². The molecule has 2 saturated heterocycles. The number of hydrogen-bond acceptors (Lipinski definition) is 7. The van der Waals surface area contributed by atoms with E-state index in [1.807, 2.05) is 34.9 Å². The van der Waals surface area contributed by atoms with E-state index in [1.54, 1.807) is 0 Å². The average Bonchev–Trinajstić information content (AvgIpc) is 3.60. The van der Waals surface area contributed by atoms with Crippen LogP contribution in [0.1, 0.15) is 37.3 Å². The molecule has 4 heterocycles. The number of carbonyl (C=O) groups is 1. The molecule has 0 bridgehead atoms. The maximum absolute atomic E-state index is 13.9. The summed E-state index contributed by atoms with van der Waals surface area (Å²) >= 11 is 2.88. The minimum atomic E-state index is -0.0562. The van der Waals surface area contributed by atoms with Crippen molar-refractivity contribution in [2.24, 2.45) is 0 Å². The summed E-state index contributed by atoms with van der Waals surface area (Å²) in [5.41, 5.74) is 2.07. The Morgan fingerprint density at radius 3 is 2.66 bits per heavy atom. The van der Waals surface area contributed by atoms with Crippen LogP contribution in [0.3, 0.4) is 0 Å². The number of piperidine rings is 1. The fourth-order valence-electron chi connectivity index (χ4n) is 5.45. The molecule has 198 valence electrons. The molecule has 38 heavy (non-hydrogen) atoms. The number of nitrogens with one attached hydrogen (secondary N) is 1. The van der Waals surface area contributed by atoms with Crippen molar-refractivity contribution >= 4 is 49.3 Å². The number of aromatic nitrogens is 2. The number of fused-ring (bicyclic) bond motifs is 3. The summed E-state index contributed by atoms with van der Waals surface area (Å²) in [4.78, 5) is 34.1. The maximum Gasteiger partial charge on any atom is 0.272 e. The zero-order valence-electron chi connectivity index (χ0n) is 21.3. The van der Waals surface area contributed by atoms with Crippen LogP contribution in [0.25, 0.3) is 20.3 Å². The number of rotatable bonds is 8. The third-order valence-corrected chi connectivity index (χ3v) is 9.55. The van der Waals surface area contributed by atoms with Crippen molar-refractivity contribution in [2.75, 3.05) is 32.0 Å².